The quantitative estimate of drug-likeness (QED) is 0.858. The first-order chi connectivity index (χ1) is 8.69. The Morgan fingerprint density at radius 2 is 1.85 bits per heavy atom. The molecule has 0 spiro atoms. The lowest BCUT2D eigenvalue weighted by atomic mass is 9.97. The van der Waals surface area contributed by atoms with Crippen LogP contribution in [0.2, 0.25) is 0 Å². The molecule has 116 valence electrons. The Morgan fingerprint density at radius 1 is 1.25 bits per heavy atom. The molecule has 0 bridgehead atoms. The van der Waals surface area contributed by atoms with Crippen LogP contribution in [0.4, 0.5) is 13.2 Å². The highest BCUT2D eigenvalue weighted by Gasteiger charge is 2.31. The summed E-state index contributed by atoms with van der Waals surface area (Å²) in [4.78, 5) is 0. The molecule has 0 amide bonds. The minimum absolute atomic E-state index is 0. The van der Waals surface area contributed by atoms with Crippen LogP contribution >= 0.6 is 12.4 Å². The van der Waals surface area contributed by atoms with Crippen LogP contribution in [0.3, 0.4) is 0 Å². The predicted octanol–water partition coefficient (Wildman–Crippen LogP) is 4.15. The number of nitrogens with two attached hydrogens (primary N) is 1. The number of hydrogen-bond acceptors (Lipinski definition) is 3. The molecule has 20 heavy (non-hydrogen) atoms. The molecule has 1 atom stereocenters. The van der Waals surface area contributed by atoms with Crippen LogP contribution in [0.25, 0.3) is 0 Å². The highest BCUT2D eigenvalue weighted by molar-refractivity contribution is 5.85. The van der Waals surface area contributed by atoms with E-state index in [1.807, 2.05) is 13.8 Å². The van der Waals surface area contributed by atoms with Crippen LogP contribution in [-0.2, 0) is 0 Å². The number of alkyl halides is 3. The van der Waals surface area contributed by atoms with Crippen molar-refractivity contribution in [1.82, 2.24) is 0 Å². The van der Waals surface area contributed by atoms with Crippen LogP contribution in [0, 0.1) is 5.92 Å². The minimum Gasteiger partial charge on any atom is -0.508 e. The molecule has 1 aromatic rings. The lowest BCUT2D eigenvalue weighted by molar-refractivity contribution is -0.274. The molecule has 1 aromatic carbocycles. The lowest BCUT2D eigenvalue weighted by Gasteiger charge is -2.17. The van der Waals surface area contributed by atoms with E-state index in [1.54, 1.807) is 0 Å². The normalized spacial score (nSPS) is 12.9. The number of benzene rings is 1. The van der Waals surface area contributed by atoms with E-state index >= 15 is 0 Å². The molecule has 0 aliphatic rings. The molecule has 1 rings (SSSR count). The van der Waals surface area contributed by atoms with E-state index in [9.17, 15) is 18.3 Å². The van der Waals surface area contributed by atoms with Crippen LogP contribution in [-0.4, -0.2) is 11.5 Å². The second kappa shape index (κ2) is 7.59. The average molecular weight is 314 g/mol. The summed E-state index contributed by atoms with van der Waals surface area (Å²) in [5, 5.41) is 9.65. The van der Waals surface area contributed by atoms with E-state index in [0.29, 0.717) is 12.3 Å². The van der Waals surface area contributed by atoms with Crippen molar-refractivity contribution < 1.29 is 23.0 Å². The van der Waals surface area contributed by atoms with Gasteiger partial charge in [0.05, 0.1) is 0 Å². The topological polar surface area (TPSA) is 55.5 Å². The van der Waals surface area contributed by atoms with Gasteiger partial charge in [0.2, 0.25) is 0 Å². The van der Waals surface area contributed by atoms with E-state index in [4.69, 9.17) is 5.73 Å². The number of aromatic hydroxyl groups is 1. The number of halogens is 4. The predicted molar refractivity (Wildman–Crippen MR) is 73.0 cm³/mol. The fraction of sp³-hybridized carbons (Fsp3) is 0.538. The first-order valence-corrected chi connectivity index (χ1v) is 6.03. The van der Waals surface area contributed by atoms with Crippen molar-refractivity contribution in [2.75, 3.05) is 0 Å². The number of rotatable bonds is 5. The summed E-state index contributed by atoms with van der Waals surface area (Å²) in [6.45, 7) is 4.05. The van der Waals surface area contributed by atoms with Crippen molar-refractivity contribution in [3.05, 3.63) is 23.8 Å². The molecule has 0 unspecified atom stereocenters. The lowest BCUT2D eigenvalue weighted by Crippen LogP contribution is -2.18. The molecule has 0 aromatic heterocycles. The maximum absolute atomic E-state index is 12.1. The molecular weight excluding hydrogens is 295 g/mol. The summed E-state index contributed by atoms with van der Waals surface area (Å²) in [5.74, 6) is -0.0612. The highest BCUT2D eigenvalue weighted by atomic mass is 35.5. The third kappa shape index (κ3) is 6.34. The monoisotopic (exact) mass is 313 g/mol. The molecular formula is C13H19ClF3NO2. The van der Waals surface area contributed by atoms with Gasteiger partial charge < -0.3 is 15.6 Å². The summed E-state index contributed by atoms with van der Waals surface area (Å²) in [7, 11) is 0. The van der Waals surface area contributed by atoms with E-state index in [2.05, 4.69) is 4.74 Å². The van der Waals surface area contributed by atoms with Crippen molar-refractivity contribution in [2.24, 2.45) is 11.7 Å². The molecule has 7 heteroatoms. The molecule has 0 fully saturated rings. The van der Waals surface area contributed by atoms with Crippen molar-refractivity contribution in [3.8, 4) is 11.5 Å². The molecule has 3 nitrogen and oxygen atoms in total. The van der Waals surface area contributed by atoms with Crippen LogP contribution in [0.1, 0.15) is 38.3 Å². The van der Waals surface area contributed by atoms with Gasteiger partial charge in [0.1, 0.15) is 11.5 Å². The molecule has 0 heterocycles. The third-order valence-corrected chi connectivity index (χ3v) is 2.69. The van der Waals surface area contributed by atoms with E-state index in [1.165, 1.54) is 0 Å². The molecule has 0 saturated carbocycles. The van der Waals surface area contributed by atoms with Crippen molar-refractivity contribution in [1.29, 1.82) is 0 Å². The Labute approximate surface area is 122 Å². The number of hydrogen-bond donors (Lipinski definition) is 2. The van der Waals surface area contributed by atoms with Gasteiger partial charge >= 0.3 is 6.36 Å². The fourth-order valence-electron chi connectivity index (χ4n) is 1.70. The van der Waals surface area contributed by atoms with Gasteiger partial charge in [-0.25, -0.2) is 0 Å². The SMILES string of the molecule is CC(C)CC[C@H](N)c1cc(OC(F)(F)F)ccc1O.Cl. The summed E-state index contributed by atoms with van der Waals surface area (Å²) in [6.07, 6.45) is -3.35. The van der Waals surface area contributed by atoms with Crippen LogP contribution in [0.15, 0.2) is 18.2 Å². The zero-order chi connectivity index (χ0) is 14.6. The minimum atomic E-state index is -4.75. The van der Waals surface area contributed by atoms with Crippen molar-refractivity contribution in [3.63, 3.8) is 0 Å². The summed E-state index contributed by atoms with van der Waals surface area (Å²) in [5.41, 5.74) is 6.15. The van der Waals surface area contributed by atoms with Crippen LogP contribution < -0.4 is 10.5 Å². The van der Waals surface area contributed by atoms with Gasteiger partial charge in [-0.1, -0.05) is 13.8 Å². The second-order valence-electron chi connectivity index (χ2n) is 4.85. The zero-order valence-corrected chi connectivity index (χ0v) is 12.1. The van der Waals surface area contributed by atoms with Gasteiger partial charge in [0, 0.05) is 11.6 Å². The van der Waals surface area contributed by atoms with E-state index in [0.717, 1.165) is 24.6 Å². The molecule has 0 aliphatic carbocycles. The zero-order valence-electron chi connectivity index (χ0n) is 11.3. The molecule has 0 aliphatic heterocycles. The fourth-order valence-corrected chi connectivity index (χ4v) is 1.70. The van der Waals surface area contributed by atoms with Gasteiger partial charge in [-0.2, -0.15) is 0 Å². The van der Waals surface area contributed by atoms with Gasteiger partial charge in [0.15, 0.2) is 0 Å². The maximum Gasteiger partial charge on any atom is 0.573 e. The first kappa shape index (κ1) is 18.9. The molecule has 3 N–H and O–H groups in total. The van der Waals surface area contributed by atoms with Gasteiger partial charge in [-0.05, 0) is 37.0 Å². The third-order valence-electron chi connectivity index (χ3n) is 2.69. The largest absolute Gasteiger partial charge is 0.573 e. The summed E-state index contributed by atoms with van der Waals surface area (Å²) in [6, 6.07) is 2.83. The van der Waals surface area contributed by atoms with Gasteiger partial charge in [-0.3, -0.25) is 0 Å². The summed E-state index contributed by atoms with van der Waals surface area (Å²) >= 11 is 0. The van der Waals surface area contributed by atoms with E-state index < -0.39 is 12.4 Å². The van der Waals surface area contributed by atoms with Crippen molar-refractivity contribution in [2.45, 2.75) is 39.1 Å². The first-order valence-electron chi connectivity index (χ1n) is 6.03. The number of phenolic OH excluding ortho intramolecular Hbond substituents is 1. The second-order valence-corrected chi connectivity index (χ2v) is 4.85. The van der Waals surface area contributed by atoms with Gasteiger partial charge in [0.25, 0.3) is 0 Å². The molecule has 0 saturated heterocycles. The van der Waals surface area contributed by atoms with Crippen LogP contribution in [0.5, 0.6) is 11.5 Å². The Morgan fingerprint density at radius 3 is 2.35 bits per heavy atom. The Hall–Kier alpha value is -1.14. The standard InChI is InChI=1S/C13H18F3NO2.ClH/c1-8(2)3-5-11(17)10-7-9(4-6-12(10)18)19-13(14,15)16;/h4,6-8,11,18H,3,5,17H2,1-2H3;1H/t11-;/m0./s1. The smallest absolute Gasteiger partial charge is 0.508 e. The Kier molecular flexibility index (Phi) is 7.16. The Balaban J connectivity index is 0.00000361. The van der Waals surface area contributed by atoms with Gasteiger partial charge in [-0.15, -0.1) is 25.6 Å². The van der Waals surface area contributed by atoms with E-state index in [-0.39, 0.29) is 29.5 Å². The van der Waals surface area contributed by atoms with Crippen molar-refractivity contribution >= 4 is 12.4 Å². The molecule has 0 radical (unpaired) electrons. The number of phenols is 1. The summed E-state index contributed by atoms with van der Waals surface area (Å²) < 4.78 is 40.1. The average Bonchev–Trinajstić information content (AvgIpc) is 2.26. The Bertz CT molecular complexity index is 425. The maximum atomic E-state index is 12.1. The number of ether oxygens (including phenoxy) is 1. The highest BCUT2D eigenvalue weighted by Crippen LogP contribution is 2.32.